The van der Waals surface area contributed by atoms with Gasteiger partial charge in [0.2, 0.25) is 0 Å². The highest BCUT2D eigenvalue weighted by molar-refractivity contribution is 9.10. The van der Waals surface area contributed by atoms with Crippen molar-refractivity contribution in [1.82, 2.24) is 0 Å². The van der Waals surface area contributed by atoms with Gasteiger partial charge < -0.3 is 10.5 Å². The van der Waals surface area contributed by atoms with E-state index in [0.29, 0.717) is 17.6 Å². The minimum atomic E-state index is -0.396. The van der Waals surface area contributed by atoms with Gasteiger partial charge in [0, 0.05) is 6.54 Å². The zero-order chi connectivity index (χ0) is 14.4. The fraction of sp³-hybridized carbons (Fsp3) is 0.125. The van der Waals surface area contributed by atoms with Gasteiger partial charge in [0.15, 0.2) is 11.6 Å². The van der Waals surface area contributed by atoms with Gasteiger partial charge >= 0.3 is 0 Å². The molecule has 0 aliphatic rings. The fourth-order valence-corrected chi connectivity index (χ4v) is 2.32. The van der Waals surface area contributed by atoms with Crippen LogP contribution in [0.15, 0.2) is 53.0 Å². The summed E-state index contributed by atoms with van der Waals surface area (Å²) in [5.74, 6) is -0.175. The van der Waals surface area contributed by atoms with Gasteiger partial charge in [-0.3, -0.25) is 0 Å². The molecule has 4 heteroatoms. The second kappa shape index (κ2) is 7.22. The molecule has 0 radical (unpaired) electrons. The van der Waals surface area contributed by atoms with Gasteiger partial charge in [-0.1, -0.05) is 42.5 Å². The number of ether oxygens (including phenoxy) is 1. The second-order valence-corrected chi connectivity index (χ2v) is 5.08. The third-order valence-corrected chi connectivity index (χ3v) is 3.28. The first kappa shape index (κ1) is 14.8. The van der Waals surface area contributed by atoms with E-state index in [1.165, 1.54) is 6.07 Å². The van der Waals surface area contributed by atoms with E-state index in [-0.39, 0.29) is 5.75 Å². The van der Waals surface area contributed by atoms with Crippen LogP contribution in [0.1, 0.15) is 11.1 Å². The highest BCUT2D eigenvalue weighted by atomic mass is 79.9. The van der Waals surface area contributed by atoms with Crippen LogP contribution in [0.2, 0.25) is 0 Å². The van der Waals surface area contributed by atoms with Crippen LogP contribution in [0.4, 0.5) is 4.39 Å². The molecule has 20 heavy (non-hydrogen) atoms. The second-order valence-electron chi connectivity index (χ2n) is 4.23. The SMILES string of the molecule is NC/C=C/c1cc(F)c(OCc2ccccc2)c(Br)c1. The van der Waals surface area contributed by atoms with E-state index in [4.69, 9.17) is 10.5 Å². The molecule has 2 aromatic rings. The van der Waals surface area contributed by atoms with Gasteiger partial charge in [0.1, 0.15) is 6.61 Å². The lowest BCUT2D eigenvalue weighted by Gasteiger charge is -2.10. The predicted octanol–water partition coefficient (Wildman–Crippen LogP) is 4.14. The Morgan fingerprint density at radius 1 is 1.20 bits per heavy atom. The molecule has 2 rings (SSSR count). The lowest BCUT2D eigenvalue weighted by atomic mass is 10.2. The van der Waals surface area contributed by atoms with Crippen LogP contribution >= 0.6 is 15.9 Å². The van der Waals surface area contributed by atoms with E-state index in [2.05, 4.69) is 15.9 Å². The normalized spacial score (nSPS) is 10.9. The maximum atomic E-state index is 14.0. The molecular weight excluding hydrogens is 321 g/mol. The summed E-state index contributed by atoms with van der Waals surface area (Å²) < 4.78 is 20.2. The van der Waals surface area contributed by atoms with Crippen molar-refractivity contribution in [3.8, 4) is 5.75 Å². The van der Waals surface area contributed by atoms with E-state index < -0.39 is 5.82 Å². The zero-order valence-electron chi connectivity index (χ0n) is 10.9. The van der Waals surface area contributed by atoms with E-state index in [1.807, 2.05) is 30.3 Å². The number of rotatable bonds is 5. The minimum absolute atomic E-state index is 0.221. The van der Waals surface area contributed by atoms with Crippen molar-refractivity contribution in [2.45, 2.75) is 6.61 Å². The van der Waals surface area contributed by atoms with Crippen molar-refractivity contribution < 1.29 is 9.13 Å². The van der Waals surface area contributed by atoms with Gasteiger partial charge in [0.05, 0.1) is 4.47 Å². The first-order valence-electron chi connectivity index (χ1n) is 6.23. The molecule has 0 aliphatic heterocycles. The molecular formula is C16H15BrFNO. The quantitative estimate of drug-likeness (QED) is 0.891. The lowest BCUT2D eigenvalue weighted by molar-refractivity contribution is 0.288. The van der Waals surface area contributed by atoms with Crippen molar-refractivity contribution in [3.63, 3.8) is 0 Å². The van der Waals surface area contributed by atoms with Crippen LogP contribution in [0, 0.1) is 5.82 Å². The van der Waals surface area contributed by atoms with Crippen molar-refractivity contribution in [2.75, 3.05) is 6.54 Å². The summed E-state index contributed by atoms with van der Waals surface area (Å²) in [6.45, 7) is 0.750. The summed E-state index contributed by atoms with van der Waals surface area (Å²) in [6.07, 6.45) is 3.54. The van der Waals surface area contributed by atoms with E-state index in [9.17, 15) is 4.39 Å². The Bertz CT molecular complexity index is 576. The molecule has 0 spiro atoms. The van der Waals surface area contributed by atoms with Crippen LogP contribution in [0.5, 0.6) is 5.75 Å². The molecule has 0 aromatic heterocycles. The highest BCUT2D eigenvalue weighted by Crippen LogP contribution is 2.30. The average Bonchev–Trinajstić information content (AvgIpc) is 2.45. The Kier molecular flexibility index (Phi) is 5.32. The maximum Gasteiger partial charge on any atom is 0.169 e. The van der Waals surface area contributed by atoms with E-state index in [0.717, 1.165) is 11.1 Å². The molecule has 2 N–H and O–H groups in total. The molecule has 0 atom stereocenters. The first-order valence-corrected chi connectivity index (χ1v) is 7.02. The summed E-state index contributed by atoms with van der Waals surface area (Å²) in [6, 6.07) is 12.9. The third-order valence-electron chi connectivity index (χ3n) is 2.69. The van der Waals surface area contributed by atoms with Gasteiger partial charge in [-0.2, -0.15) is 0 Å². The van der Waals surface area contributed by atoms with Gasteiger partial charge in [-0.25, -0.2) is 4.39 Å². The van der Waals surface area contributed by atoms with E-state index >= 15 is 0 Å². The third kappa shape index (κ3) is 3.92. The highest BCUT2D eigenvalue weighted by Gasteiger charge is 2.10. The Hall–Kier alpha value is -1.65. The summed E-state index contributed by atoms with van der Waals surface area (Å²) in [4.78, 5) is 0. The molecule has 104 valence electrons. The molecule has 0 bridgehead atoms. The van der Waals surface area contributed by atoms with Crippen LogP contribution in [-0.2, 0) is 6.61 Å². The number of hydrogen-bond acceptors (Lipinski definition) is 2. The molecule has 2 aromatic carbocycles. The van der Waals surface area contributed by atoms with Crippen LogP contribution in [0.3, 0.4) is 0 Å². The van der Waals surface area contributed by atoms with E-state index in [1.54, 1.807) is 18.2 Å². The van der Waals surface area contributed by atoms with Crippen LogP contribution in [-0.4, -0.2) is 6.54 Å². The number of hydrogen-bond donors (Lipinski definition) is 1. The number of nitrogens with two attached hydrogens (primary N) is 1. The molecule has 0 saturated carbocycles. The lowest BCUT2D eigenvalue weighted by Crippen LogP contribution is -1.98. The van der Waals surface area contributed by atoms with Crippen molar-refractivity contribution in [1.29, 1.82) is 0 Å². The smallest absolute Gasteiger partial charge is 0.169 e. The predicted molar refractivity (Wildman–Crippen MR) is 83.0 cm³/mol. The Balaban J connectivity index is 2.14. The molecule has 2 nitrogen and oxygen atoms in total. The molecule has 0 amide bonds. The van der Waals surface area contributed by atoms with Crippen molar-refractivity contribution >= 4 is 22.0 Å². The summed E-state index contributed by atoms with van der Waals surface area (Å²) in [5, 5.41) is 0. The topological polar surface area (TPSA) is 35.2 Å². The van der Waals surface area contributed by atoms with Gasteiger partial charge in [0.25, 0.3) is 0 Å². The number of benzene rings is 2. The minimum Gasteiger partial charge on any atom is -0.485 e. The largest absolute Gasteiger partial charge is 0.485 e. The van der Waals surface area contributed by atoms with Crippen LogP contribution in [0.25, 0.3) is 6.08 Å². The maximum absolute atomic E-state index is 14.0. The Morgan fingerprint density at radius 2 is 1.95 bits per heavy atom. The van der Waals surface area contributed by atoms with Gasteiger partial charge in [-0.05, 0) is 39.2 Å². The molecule has 0 heterocycles. The first-order chi connectivity index (χ1) is 9.70. The molecule has 0 fully saturated rings. The molecule has 0 aliphatic carbocycles. The van der Waals surface area contributed by atoms with Crippen LogP contribution < -0.4 is 10.5 Å². The summed E-state index contributed by atoms with van der Waals surface area (Å²) >= 11 is 3.33. The van der Waals surface area contributed by atoms with Crippen molar-refractivity contribution in [3.05, 3.63) is 70.0 Å². The molecule has 0 unspecified atom stereocenters. The zero-order valence-corrected chi connectivity index (χ0v) is 12.4. The summed E-state index contributed by atoms with van der Waals surface area (Å²) in [7, 11) is 0. The Labute approximate surface area is 126 Å². The standard InChI is InChI=1S/C16H15BrFNO/c17-14-9-13(7-4-8-19)10-15(18)16(14)20-11-12-5-2-1-3-6-12/h1-7,9-10H,8,11,19H2/b7-4+. The summed E-state index contributed by atoms with van der Waals surface area (Å²) in [5.41, 5.74) is 7.11. The monoisotopic (exact) mass is 335 g/mol. The average molecular weight is 336 g/mol. The van der Waals surface area contributed by atoms with Crippen molar-refractivity contribution in [2.24, 2.45) is 5.73 Å². The fourth-order valence-electron chi connectivity index (χ4n) is 1.75. The number of halogens is 2. The van der Waals surface area contributed by atoms with Gasteiger partial charge in [-0.15, -0.1) is 0 Å². The molecule has 0 saturated heterocycles. The Morgan fingerprint density at radius 3 is 2.60 bits per heavy atom.